The van der Waals surface area contributed by atoms with E-state index in [1.54, 1.807) is 56.3 Å². The van der Waals surface area contributed by atoms with Gasteiger partial charge in [-0.3, -0.25) is 9.59 Å². The van der Waals surface area contributed by atoms with Gasteiger partial charge in [0.1, 0.15) is 12.4 Å². The molecule has 1 heterocycles. The molecule has 3 rings (SSSR count). The van der Waals surface area contributed by atoms with Crippen LogP contribution in [0, 0.1) is 11.3 Å². The van der Waals surface area contributed by atoms with Crippen LogP contribution in [0.5, 0.6) is 5.75 Å². The molecule has 9 heteroatoms. The number of carbonyl (C=O) groups excluding carboxylic acids is 3. The van der Waals surface area contributed by atoms with Crippen molar-refractivity contribution in [2.45, 2.75) is 20.1 Å². The number of hydrogen-bond donors (Lipinski definition) is 1. The molecule has 2 aromatic carbocycles. The first-order valence-electron chi connectivity index (χ1n) is 9.67. The SMILES string of the molecule is CCOC(=O)COC1Oc2cc(NC(=O)c3ccc(C#N)cc3)ccc2N(CC)C1=O. The quantitative estimate of drug-likeness (QED) is 0.680. The lowest BCUT2D eigenvalue weighted by atomic mass is 10.1. The number of hydrogen-bond acceptors (Lipinski definition) is 7. The molecule has 0 fully saturated rings. The Morgan fingerprint density at radius 2 is 1.94 bits per heavy atom. The monoisotopic (exact) mass is 423 g/mol. The zero-order chi connectivity index (χ0) is 22.4. The molecule has 1 aliphatic heterocycles. The van der Waals surface area contributed by atoms with Crippen molar-refractivity contribution >= 4 is 29.2 Å². The minimum atomic E-state index is -1.30. The Labute approximate surface area is 179 Å². The molecule has 160 valence electrons. The van der Waals surface area contributed by atoms with Crippen LogP contribution in [0.25, 0.3) is 0 Å². The summed E-state index contributed by atoms with van der Waals surface area (Å²) in [4.78, 5) is 38.1. The summed E-state index contributed by atoms with van der Waals surface area (Å²) in [5, 5.41) is 11.6. The Hall–Kier alpha value is -3.90. The van der Waals surface area contributed by atoms with Crippen molar-refractivity contribution in [2.75, 3.05) is 30.0 Å². The number of ether oxygens (including phenoxy) is 3. The normalized spacial score (nSPS) is 14.8. The summed E-state index contributed by atoms with van der Waals surface area (Å²) in [6, 6.07) is 13.1. The highest BCUT2D eigenvalue weighted by Crippen LogP contribution is 2.36. The van der Waals surface area contributed by atoms with Crippen molar-refractivity contribution in [1.82, 2.24) is 0 Å². The van der Waals surface area contributed by atoms with E-state index in [0.29, 0.717) is 34.8 Å². The Kier molecular flexibility index (Phi) is 6.85. The number of benzene rings is 2. The number of nitriles is 1. The van der Waals surface area contributed by atoms with Gasteiger partial charge in [0, 0.05) is 23.9 Å². The highest BCUT2D eigenvalue weighted by molar-refractivity contribution is 6.05. The third kappa shape index (κ3) is 4.99. The summed E-state index contributed by atoms with van der Waals surface area (Å²) >= 11 is 0. The van der Waals surface area contributed by atoms with Crippen LogP contribution >= 0.6 is 0 Å². The number of amides is 2. The number of nitrogens with zero attached hydrogens (tertiary/aromatic N) is 2. The zero-order valence-electron chi connectivity index (χ0n) is 17.1. The van der Waals surface area contributed by atoms with Gasteiger partial charge in [0.25, 0.3) is 18.1 Å². The van der Waals surface area contributed by atoms with Gasteiger partial charge >= 0.3 is 5.97 Å². The lowest BCUT2D eigenvalue weighted by molar-refractivity contribution is -0.166. The molecule has 31 heavy (non-hydrogen) atoms. The predicted octanol–water partition coefficient (Wildman–Crippen LogP) is 2.46. The fraction of sp³-hybridized carbons (Fsp3) is 0.273. The van der Waals surface area contributed by atoms with E-state index >= 15 is 0 Å². The number of rotatable bonds is 7. The Morgan fingerprint density at radius 3 is 2.58 bits per heavy atom. The summed E-state index contributed by atoms with van der Waals surface area (Å²) < 4.78 is 15.8. The maximum atomic E-state index is 12.6. The van der Waals surface area contributed by atoms with Crippen molar-refractivity contribution in [2.24, 2.45) is 0 Å². The number of nitrogens with one attached hydrogen (secondary N) is 1. The Balaban J connectivity index is 1.76. The minimum Gasteiger partial charge on any atom is -0.464 e. The van der Waals surface area contributed by atoms with E-state index in [4.69, 9.17) is 19.5 Å². The van der Waals surface area contributed by atoms with Gasteiger partial charge in [-0.25, -0.2) is 4.79 Å². The summed E-state index contributed by atoms with van der Waals surface area (Å²) in [5.41, 5.74) is 1.82. The fourth-order valence-corrected chi connectivity index (χ4v) is 3.00. The summed E-state index contributed by atoms with van der Waals surface area (Å²) in [7, 11) is 0. The number of likely N-dealkylation sites (N-methyl/N-ethyl adjacent to an activating group) is 1. The average molecular weight is 423 g/mol. The fourth-order valence-electron chi connectivity index (χ4n) is 3.00. The van der Waals surface area contributed by atoms with Gasteiger partial charge < -0.3 is 24.4 Å². The highest BCUT2D eigenvalue weighted by atomic mass is 16.7. The second kappa shape index (κ2) is 9.73. The molecule has 1 aliphatic rings. The third-order valence-electron chi connectivity index (χ3n) is 4.46. The van der Waals surface area contributed by atoms with Gasteiger partial charge in [-0.05, 0) is 50.2 Å². The molecule has 1 N–H and O–H groups in total. The molecule has 0 aliphatic carbocycles. The van der Waals surface area contributed by atoms with E-state index in [1.165, 1.54) is 4.90 Å². The summed E-state index contributed by atoms with van der Waals surface area (Å²) in [6.45, 7) is 3.62. The van der Waals surface area contributed by atoms with Crippen LogP contribution in [0.15, 0.2) is 42.5 Å². The van der Waals surface area contributed by atoms with Crippen LogP contribution in [-0.4, -0.2) is 43.8 Å². The van der Waals surface area contributed by atoms with E-state index in [9.17, 15) is 14.4 Å². The van der Waals surface area contributed by atoms with E-state index in [0.717, 1.165) is 0 Å². The second-order valence-corrected chi connectivity index (χ2v) is 6.47. The Morgan fingerprint density at radius 1 is 1.19 bits per heavy atom. The molecule has 2 amide bonds. The number of fused-ring (bicyclic) bond motifs is 1. The van der Waals surface area contributed by atoms with Crippen LogP contribution in [0.3, 0.4) is 0 Å². The van der Waals surface area contributed by atoms with E-state index in [-0.39, 0.29) is 12.5 Å². The topological polar surface area (TPSA) is 118 Å². The first-order valence-corrected chi connectivity index (χ1v) is 9.67. The lowest BCUT2D eigenvalue weighted by Gasteiger charge is -2.33. The molecular formula is C22H21N3O6. The first kappa shape index (κ1) is 21.8. The zero-order valence-corrected chi connectivity index (χ0v) is 17.1. The van der Waals surface area contributed by atoms with Crippen molar-refractivity contribution in [1.29, 1.82) is 5.26 Å². The highest BCUT2D eigenvalue weighted by Gasteiger charge is 2.35. The second-order valence-electron chi connectivity index (χ2n) is 6.47. The van der Waals surface area contributed by atoms with E-state index in [1.807, 2.05) is 6.07 Å². The lowest BCUT2D eigenvalue weighted by Crippen LogP contribution is -2.47. The van der Waals surface area contributed by atoms with Gasteiger partial charge in [-0.2, -0.15) is 5.26 Å². The van der Waals surface area contributed by atoms with Gasteiger partial charge in [-0.1, -0.05) is 0 Å². The molecule has 0 aromatic heterocycles. The van der Waals surface area contributed by atoms with Gasteiger partial charge in [-0.15, -0.1) is 0 Å². The average Bonchev–Trinajstić information content (AvgIpc) is 2.78. The van der Waals surface area contributed by atoms with Crippen molar-refractivity contribution in [3.05, 3.63) is 53.6 Å². The van der Waals surface area contributed by atoms with Crippen LogP contribution < -0.4 is 15.0 Å². The van der Waals surface area contributed by atoms with Crippen molar-refractivity contribution in [3.8, 4) is 11.8 Å². The predicted molar refractivity (Wildman–Crippen MR) is 111 cm³/mol. The molecule has 0 saturated heterocycles. The summed E-state index contributed by atoms with van der Waals surface area (Å²) in [6.07, 6.45) is -1.30. The maximum absolute atomic E-state index is 12.6. The molecule has 1 atom stereocenters. The van der Waals surface area contributed by atoms with Crippen LogP contribution in [0.4, 0.5) is 11.4 Å². The molecule has 1 unspecified atom stereocenters. The van der Waals surface area contributed by atoms with Gasteiger partial charge in [0.2, 0.25) is 0 Å². The standard InChI is InChI=1S/C22H21N3O6/c1-3-25-17-10-9-16(24-20(27)15-7-5-14(12-23)6-8-15)11-18(17)31-22(21(25)28)30-13-19(26)29-4-2/h5-11,22H,3-4,13H2,1-2H3,(H,24,27). The third-order valence-corrected chi connectivity index (χ3v) is 4.46. The van der Waals surface area contributed by atoms with Gasteiger partial charge in [0.15, 0.2) is 0 Å². The van der Waals surface area contributed by atoms with Crippen LogP contribution in [0.2, 0.25) is 0 Å². The number of carbonyl (C=O) groups is 3. The largest absolute Gasteiger partial charge is 0.464 e. The minimum absolute atomic E-state index is 0.202. The molecule has 0 saturated carbocycles. The van der Waals surface area contributed by atoms with E-state index < -0.39 is 24.8 Å². The molecular weight excluding hydrogens is 402 g/mol. The summed E-state index contributed by atoms with van der Waals surface area (Å²) in [5.74, 6) is -1.07. The number of anilines is 2. The smallest absolute Gasteiger partial charge is 0.332 e. The van der Waals surface area contributed by atoms with E-state index in [2.05, 4.69) is 5.32 Å². The Bertz CT molecular complexity index is 1030. The number of esters is 1. The molecule has 0 radical (unpaired) electrons. The van der Waals surface area contributed by atoms with Crippen LogP contribution in [0.1, 0.15) is 29.8 Å². The van der Waals surface area contributed by atoms with Crippen molar-refractivity contribution in [3.63, 3.8) is 0 Å². The van der Waals surface area contributed by atoms with Crippen LogP contribution in [-0.2, 0) is 19.1 Å². The molecule has 0 spiro atoms. The van der Waals surface area contributed by atoms with Gasteiger partial charge in [0.05, 0.1) is 23.9 Å². The molecule has 9 nitrogen and oxygen atoms in total. The van der Waals surface area contributed by atoms with Crippen molar-refractivity contribution < 1.29 is 28.6 Å². The maximum Gasteiger partial charge on any atom is 0.332 e. The molecule has 0 bridgehead atoms. The molecule has 2 aromatic rings. The first-order chi connectivity index (χ1) is 15.0.